The number of nitrogens with zero attached hydrogens (tertiary/aromatic N) is 1. The summed E-state index contributed by atoms with van der Waals surface area (Å²) in [4.78, 5) is 26.1. The largest absolute Gasteiger partial charge is 0.493 e. The van der Waals surface area contributed by atoms with Crippen LogP contribution < -0.4 is 15.2 Å². The van der Waals surface area contributed by atoms with Crippen molar-refractivity contribution < 1.29 is 28.9 Å². The molecule has 3 rings (SSSR count). The summed E-state index contributed by atoms with van der Waals surface area (Å²) in [5.41, 5.74) is 7.14. The number of rotatable bonds is 8. The maximum absolute atomic E-state index is 12.2. The van der Waals surface area contributed by atoms with Gasteiger partial charge in [-0.15, -0.1) is 0 Å². The minimum absolute atomic E-state index is 0.0846. The normalized spacial score (nSPS) is 26.1. The molecule has 2 heterocycles. The van der Waals surface area contributed by atoms with Gasteiger partial charge >= 0.3 is 12.1 Å². The average Bonchev–Trinajstić information content (AvgIpc) is 2.75. The third-order valence-electron chi connectivity index (χ3n) is 7.38. The van der Waals surface area contributed by atoms with Gasteiger partial charge in [0.2, 0.25) is 0 Å². The van der Waals surface area contributed by atoms with E-state index in [9.17, 15) is 14.7 Å². The van der Waals surface area contributed by atoms with E-state index in [1.54, 1.807) is 21.1 Å². The summed E-state index contributed by atoms with van der Waals surface area (Å²) in [6, 6.07) is 4.16. The number of fused-ring (bicyclic) bond motifs is 3. The number of nitrogens with two attached hydrogens (primary N) is 1. The van der Waals surface area contributed by atoms with Crippen LogP contribution in [0.5, 0.6) is 11.5 Å². The molecule has 8 nitrogen and oxygen atoms in total. The van der Waals surface area contributed by atoms with Crippen molar-refractivity contribution >= 4 is 12.1 Å². The predicted molar refractivity (Wildman–Crippen MR) is 120 cm³/mol. The minimum atomic E-state index is -0.829. The number of benzene rings is 1. The van der Waals surface area contributed by atoms with Gasteiger partial charge in [0.1, 0.15) is 0 Å². The van der Waals surface area contributed by atoms with Gasteiger partial charge in [-0.05, 0) is 48.4 Å². The van der Waals surface area contributed by atoms with E-state index in [4.69, 9.17) is 19.9 Å². The number of hydrogen-bond acceptors (Lipinski definition) is 6. The average molecular weight is 449 g/mol. The van der Waals surface area contributed by atoms with E-state index < -0.39 is 23.4 Å². The van der Waals surface area contributed by atoms with Crippen molar-refractivity contribution in [1.82, 2.24) is 4.90 Å². The van der Waals surface area contributed by atoms with Crippen LogP contribution in [0.4, 0.5) is 4.79 Å². The molecule has 0 bridgehead atoms. The highest BCUT2D eigenvalue weighted by Crippen LogP contribution is 2.53. The van der Waals surface area contributed by atoms with Gasteiger partial charge in [-0.3, -0.25) is 9.69 Å². The number of aliphatic carboxylic acids is 1. The maximum atomic E-state index is 12.2. The fraction of sp³-hybridized carbons (Fsp3) is 0.667. The Labute approximate surface area is 190 Å². The second-order valence-corrected chi connectivity index (χ2v) is 9.60. The van der Waals surface area contributed by atoms with Gasteiger partial charge in [-0.1, -0.05) is 20.8 Å². The highest BCUT2D eigenvalue weighted by molar-refractivity contribution is 5.71. The summed E-state index contributed by atoms with van der Waals surface area (Å²) in [6.07, 6.45) is 1.44. The number of carbonyl (C=O) groups is 2. The van der Waals surface area contributed by atoms with Gasteiger partial charge in [0.05, 0.1) is 26.7 Å². The van der Waals surface area contributed by atoms with Crippen LogP contribution in [-0.4, -0.2) is 56.0 Å². The molecular weight excluding hydrogens is 412 g/mol. The minimum Gasteiger partial charge on any atom is -0.493 e. The second-order valence-electron chi connectivity index (χ2n) is 9.60. The Morgan fingerprint density at radius 3 is 2.44 bits per heavy atom. The summed E-state index contributed by atoms with van der Waals surface area (Å²) in [5.74, 6) is 0.138. The standard InChI is InChI=1S/C24H36N2O6/c1-14(2)11-24(15(3)22(27)28)13-26-7-6-16-8-20(30-4)21(31-5)10-18(16)19(26)9-17(24)12-32-23(25)29/h8,10,14-15,17,19H,6-7,9,11-13H2,1-5H3,(H2,25,29)(H,27,28)/t15?,17-,19+,24+/m0/s1. The van der Waals surface area contributed by atoms with Crippen molar-refractivity contribution in [3.05, 3.63) is 23.3 Å². The number of ether oxygens (including phenoxy) is 3. The fourth-order valence-corrected chi connectivity index (χ4v) is 5.88. The lowest BCUT2D eigenvalue weighted by atomic mass is 9.58. The summed E-state index contributed by atoms with van der Waals surface area (Å²) >= 11 is 0. The Balaban J connectivity index is 2.05. The summed E-state index contributed by atoms with van der Waals surface area (Å²) in [6.45, 7) is 7.58. The monoisotopic (exact) mass is 448 g/mol. The summed E-state index contributed by atoms with van der Waals surface area (Å²) < 4.78 is 16.3. The molecule has 0 spiro atoms. The van der Waals surface area contributed by atoms with Crippen molar-refractivity contribution in [1.29, 1.82) is 0 Å². The summed E-state index contributed by atoms with van der Waals surface area (Å²) in [7, 11) is 3.25. The number of methoxy groups -OCH3 is 2. The number of amides is 1. The van der Waals surface area contributed by atoms with E-state index in [-0.39, 0.29) is 18.6 Å². The lowest BCUT2D eigenvalue weighted by Gasteiger charge is -2.55. The first-order valence-electron chi connectivity index (χ1n) is 11.3. The molecule has 1 aromatic carbocycles. The van der Waals surface area contributed by atoms with Gasteiger partial charge in [-0.2, -0.15) is 0 Å². The third kappa shape index (κ3) is 4.51. The zero-order chi connectivity index (χ0) is 23.6. The van der Waals surface area contributed by atoms with Crippen LogP contribution in [0, 0.1) is 23.2 Å². The Morgan fingerprint density at radius 1 is 1.22 bits per heavy atom. The number of carboxylic acid groups (broad SMARTS) is 1. The lowest BCUT2D eigenvalue weighted by molar-refractivity contribution is -0.155. The van der Waals surface area contributed by atoms with Gasteiger partial charge in [0.15, 0.2) is 11.5 Å². The molecule has 0 saturated carbocycles. The number of piperidine rings is 1. The summed E-state index contributed by atoms with van der Waals surface area (Å²) in [5, 5.41) is 10.0. The van der Waals surface area contributed by atoms with E-state index in [1.165, 1.54) is 11.1 Å². The van der Waals surface area contributed by atoms with Crippen LogP contribution in [0.15, 0.2) is 12.1 Å². The molecule has 178 valence electrons. The van der Waals surface area contributed by atoms with Crippen LogP contribution in [0.1, 0.15) is 50.8 Å². The SMILES string of the molecule is COc1cc2c(cc1OC)[C@H]1C[C@@H](COC(N)=O)[C@@](CC(C)C)(C(C)C(=O)O)CN1CC2. The molecule has 1 amide bonds. The second kappa shape index (κ2) is 9.57. The lowest BCUT2D eigenvalue weighted by Crippen LogP contribution is -2.57. The van der Waals surface area contributed by atoms with Crippen molar-refractivity contribution in [3.63, 3.8) is 0 Å². The molecule has 1 saturated heterocycles. The Hall–Kier alpha value is -2.48. The first kappa shape index (κ1) is 24.2. The molecule has 3 N–H and O–H groups in total. The van der Waals surface area contributed by atoms with Crippen LogP contribution >= 0.6 is 0 Å². The first-order chi connectivity index (χ1) is 15.1. The van der Waals surface area contributed by atoms with E-state index >= 15 is 0 Å². The quantitative estimate of drug-likeness (QED) is 0.626. The van der Waals surface area contributed by atoms with E-state index in [1.807, 2.05) is 12.1 Å². The smallest absolute Gasteiger partial charge is 0.404 e. The molecule has 1 unspecified atom stereocenters. The van der Waals surface area contributed by atoms with Crippen LogP contribution in [0.3, 0.4) is 0 Å². The molecule has 1 fully saturated rings. The molecular formula is C24H36N2O6. The molecule has 2 aliphatic heterocycles. The molecule has 0 aromatic heterocycles. The van der Waals surface area contributed by atoms with Crippen molar-refractivity contribution in [2.24, 2.45) is 28.9 Å². The molecule has 2 aliphatic rings. The Kier molecular flexibility index (Phi) is 7.22. The van der Waals surface area contributed by atoms with Crippen LogP contribution in [0.25, 0.3) is 0 Å². The van der Waals surface area contributed by atoms with Gasteiger partial charge in [0, 0.05) is 30.5 Å². The predicted octanol–water partition coefficient (Wildman–Crippen LogP) is 3.47. The molecule has 1 aromatic rings. The molecule has 0 radical (unpaired) electrons. The van der Waals surface area contributed by atoms with Gasteiger partial charge in [-0.25, -0.2) is 4.79 Å². The maximum Gasteiger partial charge on any atom is 0.404 e. The van der Waals surface area contributed by atoms with E-state index in [0.717, 1.165) is 19.4 Å². The zero-order valence-electron chi connectivity index (χ0n) is 19.7. The Bertz CT molecular complexity index is 857. The van der Waals surface area contributed by atoms with Crippen molar-refractivity contribution in [2.45, 2.75) is 46.1 Å². The van der Waals surface area contributed by atoms with Crippen LogP contribution in [0.2, 0.25) is 0 Å². The molecule has 4 atom stereocenters. The highest BCUT2D eigenvalue weighted by Gasteiger charge is 2.53. The number of carboxylic acids is 1. The third-order valence-corrected chi connectivity index (χ3v) is 7.38. The molecule has 8 heteroatoms. The van der Waals surface area contributed by atoms with Gasteiger partial charge < -0.3 is 25.1 Å². The number of primary amides is 1. The fourth-order valence-electron chi connectivity index (χ4n) is 5.88. The van der Waals surface area contributed by atoms with Crippen molar-refractivity contribution in [2.75, 3.05) is 33.9 Å². The van der Waals surface area contributed by atoms with E-state index in [0.29, 0.717) is 30.4 Å². The number of hydrogen-bond donors (Lipinski definition) is 2. The molecule has 0 aliphatic carbocycles. The first-order valence-corrected chi connectivity index (χ1v) is 11.3. The number of carbonyl (C=O) groups excluding carboxylic acids is 1. The van der Waals surface area contributed by atoms with Crippen LogP contribution in [-0.2, 0) is 16.0 Å². The topological polar surface area (TPSA) is 111 Å². The van der Waals surface area contributed by atoms with E-state index in [2.05, 4.69) is 18.7 Å². The Morgan fingerprint density at radius 2 is 1.88 bits per heavy atom. The van der Waals surface area contributed by atoms with Gasteiger partial charge in [0.25, 0.3) is 0 Å². The zero-order valence-corrected chi connectivity index (χ0v) is 19.7. The molecule has 32 heavy (non-hydrogen) atoms. The highest BCUT2D eigenvalue weighted by atomic mass is 16.5. The van der Waals surface area contributed by atoms with Crippen molar-refractivity contribution in [3.8, 4) is 11.5 Å².